The van der Waals surface area contributed by atoms with Gasteiger partial charge < -0.3 is 14.8 Å². The summed E-state index contributed by atoms with van der Waals surface area (Å²) >= 11 is 0. The number of ether oxygens (including phenoxy) is 2. The summed E-state index contributed by atoms with van der Waals surface area (Å²) in [7, 11) is -5.40. The van der Waals surface area contributed by atoms with Gasteiger partial charge in [0.2, 0.25) is 0 Å². The molecule has 9 heteroatoms. The lowest BCUT2D eigenvalue weighted by atomic mass is 10.2. The van der Waals surface area contributed by atoms with Gasteiger partial charge in [0.15, 0.2) is 5.79 Å². The Bertz CT molecular complexity index is 624. The van der Waals surface area contributed by atoms with E-state index in [0.717, 1.165) is 6.07 Å². The van der Waals surface area contributed by atoms with Crippen molar-refractivity contribution in [3.05, 3.63) is 24.3 Å². The van der Waals surface area contributed by atoms with Gasteiger partial charge in [-0.1, -0.05) is 12.1 Å². The van der Waals surface area contributed by atoms with Gasteiger partial charge in [-0.25, -0.2) is 8.42 Å². The standard InChI is InChI=1S/C13H16F3NO4S/c1-12(20-8-9-21-12)6-7-17-10-4-2-3-5-11(10)22(18,19)13(14,15)16/h2-5,17H,6-9H2,1H3. The average molecular weight is 339 g/mol. The van der Waals surface area contributed by atoms with Crippen molar-refractivity contribution in [2.75, 3.05) is 25.1 Å². The maximum Gasteiger partial charge on any atom is 0.501 e. The number of hydrogen-bond donors (Lipinski definition) is 1. The van der Waals surface area contributed by atoms with Crippen molar-refractivity contribution < 1.29 is 31.1 Å². The zero-order valence-corrected chi connectivity index (χ0v) is 12.6. The van der Waals surface area contributed by atoms with E-state index >= 15 is 0 Å². The Balaban J connectivity index is 2.12. The lowest BCUT2D eigenvalue weighted by Gasteiger charge is -2.23. The summed E-state index contributed by atoms with van der Waals surface area (Å²) in [6, 6.07) is 4.92. The third-order valence-corrected chi connectivity index (χ3v) is 4.82. The van der Waals surface area contributed by atoms with E-state index in [9.17, 15) is 21.6 Å². The fourth-order valence-electron chi connectivity index (χ4n) is 2.10. The van der Waals surface area contributed by atoms with Crippen LogP contribution in [0.4, 0.5) is 18.9 Å². The fraction of sp³-hybridized carbons (Fsp3) is 0.538. The number of anilines is 1. The second kappa shape index (κ2) is 6.05. The normalized spacial score (nSPS) is 18.4. The summed E-state index contributed by atoms with van der Waals surface area (Å²) < 4.78 is 71.8. The van der Waals surface area contributed by atoms with Crippen LogP contribution >= 0.6 is 0 Å². The topological polar surface area (TPSA) is 64.6 Å². The van der Waals surface area contributed by atoms with Gasteiger partial charge in [-0.15, -0.1) is 0 Å². The van der Waals surface area contributed by atoms with Gasteiger partial charge in [-0.2, -0.15) is 13.2 Å². The average Bonchev–Trinajstić information content (AvgIpc) is 2.85. The van der Waals surface area contributed by atoms with Crippen LogP contribution in [0.1, 0.15) is 13.3 Å². The minimum absolute atomic E-state index is 0.0959. The SMILES string of the molecule is CC1(CCNc2ccccc2S(=O)(=O)C(F)(F)F)OCCO1. The maximum atomic E-state index is 12.7. The smallest absolute Gasteiger partial charge is 0.384 e. The van der Waals surface area contributed by atoms with E-state index in [1.807, 2.05) is 0 Å². The van der Waals surface area contributed by atoms with Crippen LogP contribution < -0.4 is 5.32 Å². The Labute approximate surface area is 126 Å². The molecule has 5 nitrogen and oxygen atoms in total. The highest BCUT2D eigenvalue weighted by Gasteiger charge is 2.47. The van der Waals surface area contributed by atoms with Crippen LogP contribution in [0.5, 0.6) is 0 Å². The van der Waals surface area contributed by atoms with E-state index in [1.165, 1.54) is 18.2 Å². The summed E-state index contributed by atoms with van der Waals surface area (Å²) in [6.45, 7) is 2.84. The summed E-state index contributed by atoms with van der Waals surface area (Å²) in [5, 5.41) is 2.70. The molecule has 1 saturated heterocycles. The first kappa shape index (κ1) is 17.0. The molecule has 1 N–H and O–H groups in total. The second-order valence-electron chi connectivity index (χ2n) is 4.95. The van der Waals surface area contributed by atoms with Crippen molar-refractivity contribution in [3.63, 3.8) is 0 Å². The molecule has 0 bridgehead atoms. The monoisotopic (exact) mass is 339 g/mol. The third kappa shape index (κ3) is 3.53. The Kier molecular flexibility index (Phi) is 4.69. The van der Waals surface area contributed by atoms with E-state index in [4.69, 9.17) is 9.47 Å². The predicted molar refractivity (Wildman–Crippen MR) is 73.1 cm³/mol. The molecular formula is C13H16F3NO4S. The molecular weight excluding hydrogens is 323 g/mol. The second-order valence-corrected chi connectivity index (χ2v) is 6.86. The van der Waals surface area contributed by atoms with Crippen LogP contribution in [0.15, 0.2) is 29.2 Å². The molecule has 0 radical (unpaired) electrons. The van der Waals surface area contributed by atoms with Crippen molar-refractivity contribution in [2.45, 2.75) is 29.5 Å². The summed E-state index contributed by atoms with van der Waals surface area (Å²) in [6.07, 6.45) is 0.368. The van der Waals surface area contributed by atoms with Crippen molar-refractivity contribution >= 4 is 15.5 Å². The molecule has 124 valence electrons. The largest absolute Gasteiger partial charge is 0.501 e. The molecule has 2 rings (SSSR count). The van der Waals surface area contributed by atoms with Gasteiger partial charge >= 0.3 is 5.51 Å². The molecule has 0 aromatic heterocycles. The Morgan fingerprint density at radius 2 is 1.82 bits per heavy atom. The molecule has 1 aliphatic heterocycles. The van der Waals surface area contributed by atoms with Crippen LogP contribution in [-0.4, -0.2) is 39.5 Å². The van der Waals surface area contributed by atoms with E-state index < -0.39 is 26.0 Å². The van der Waals surface area contributed by atoms with Crippen molar-refractivity contribution in [2.24, 2.45) is 0 Å². The summed E-state index contributed by atoms with van der Waals surface area (Å²) in [4.78, 5) is -0.791. The third-order valence-electron chi connectivity index (χ3n) is 3.27. The van der Waals surface area contributed by atoms with E-state index in [1.54, 1.807) is 6.92 Å². The zero-order chi connectivity index (χ0) is 16.4. The number of alkyl halides is 3. The number of benzene rings is 1. The predicted octanol–water partition coefficient (Wildman–Crippen LogP) is 2.55. The first-order valence-electron chi connectivity index (χ1n) is 6.58. The van der Waals surface area contributed by atoms with Crippen molar-refractivity contribution in [1.29, 1.82) is 0 Å². The molecule has 0 amide bonds. The van der Waals surface area contributed by atoms with Gasteiger partial charge in [0, 0.05) is 13.0 Å². The number of nitrogens with one attached hydrogen (secondary N) is 1. The van der Waals surface area contributed by atoms with Gasteiger partial charge in [-0.05, 0) is 19.1 Å². The Morgan fingerprint density at radius 3 is 2.41 bits per heavy atom. The van der Waals surface area contributed by atoms with Crippen LogP contribution in [0, 0.1) is 0 Å². The van der Waals surface area contributed by atoms with Crippen LogP contribution in [0.3, 0.4) is 0 Å². The number of sulfone groups is 1. The van der Waals surface area contributed by atoms with Gasteiger partial charge in [0.1, 0.15) is 0 Å². The molecule has 1 aliphatic rings. The Hall–Kier alpha value is -1.32. The number of halogens is 3. The van der Waals surface area contributed by atoms with Crippen LogP contribution in [0.25, 0.3) is 0 Å². The molecule has 0 atom stereocenters. The highest BCUT2D eigenvalue weighted by molar-refractivity contribution is 7.92. The van der Waals surface area contributed by atoms with Gasteiger partial charge in [0.25, 0.3) is 9.84 Å². The van der Waals surface area contributed by atoms with Crippen LogP contribution in [-0.2, 0) is 19.3 Å². The molecule has 0 spiro atoms. The number of hydrogen-bond acceptors (Lipinski definition) is 5. The summed E-state index contributed by atoms with van der Waals surface area (Å²) in [5.41, 5.74) is -5.43. The molecule has 1 heterocycles. The minimum atomic E-state index is -5.40. The van der Waals surface area contributed by atoms with E-state index in [-0.39, 0.29) is 12.2 Å². The summed E-state index contributed by atoms with van der Waals surface area (Å²) in [5.74, 6) is -0.801. The molecule has 1 fully saturated rings. The maximum absolute atomic E-state index is 12.7. The highest BCUT2D eigenvalue weighted by atomic mass is 32.2. The molecule has 1 aromatic rings. The quantitative estimate of drug-likeness (QED) is 0.893. The zero-order valence-electron chi connectivity index (χ0n) is 11.8. The number of para-hydroxylation sites is 1. The van der Waals surface area contributed by atoms with Gasteiger partial charge in [-0.3, -0.25) is 0 Å². The van der Waals surface area contributed by atoms with E-state index in [0.29, 0.717) is 19.6 Å². The van der Waals surface area contributed by atoms with E-state index in [2.05, 4.69) is 5.32 Å². The minimum Gasteiger partial charge on any atom is -0.384 e. The molecule has 1 aromatic carbocycles. The Morgan fingerprint density at radius 1 is 1.23 bits per heavy atom. The molecule has 0 aliphatic carbocycles. The fourth-order valence-corrected chi connectivity index (χ4v) is 3.03. The molecule has 0 unspecified atom stereocenters. The lowest BCUT2D eigenvalue weighted by molar-refractivity contribution is -0.144. The number of rotatable bonds is 5. The van der Waals surface area contributed by atoms with Gasteiger partial charge in [0.05, 0.1) is 23.8 Å². The molecule has 22 heavy (non-hydrogen) atoms. The first-order chi connectivity index (χ1) is 10.2. The van der Waals surface area contributed by atoms with Crippen LogP contribution in [0.2, 0.25) is 0 Å². The van der Waals surface area contributed by atoms with Crippen molar-refractivity contribution in [3.8, 4) is 0 Å². The molecule has 0 saturated carbocycles. The lowest BCUT2D eigenvalue weighted by Crippen LogP contribution is -2.29. The highest BCUT2D eigenvalue weighted by Crippen LogP contribution is 2.34. The van der Waals surface area contributed by atoms with Crippen molar-refractivity contribution in [1.82, 2.24) is 0 Å². The first-order valence-corrected chi connectivity index (χ1v) is 8.06.